The van der Waals surface area contributed by atoms with Gasteiger partial charge < -0.3 is 10.2 Å². The van der Waals surface area contributed by atoms with Crippen LogP contribution in [0.1, 0.15) is 110 Å². The van der Waals surface area contributed by atoms with Crippen LogP contribution in [-0.2, 0) is 0 Å². The molecule has 2 nitrogen and oxygen atoms in total. The van der Waals surface area contributed by atoms with Crippen LogP contribution >= 0.6 is 0 Å². The Hall–Kier alpha value is -0.340. The second-order valence-corrected chi connectivity index (χ2v) is 14.1. The van der Waals surface area contributed by atoms with E-state index in [4.69, 9.17) is 4.11 Å². The standard InChI is InChI=1S/C30H50O2/c1-19(2)20-10-15-30(18-31)17-16-28(6)21(25(20)30)8-9-23-27(5)13-12-24(32)26(3,4)22(27)11-14-29(23,28)7/h20-25,31-32H,1,8-18H2,2-7H3/t20-,21?,22?,23?,24-,25?,27-,28+,29+,30+/m0/s1/i12D2,24D. The molecule has 0 radical (unpaired) electrons. The van der Waals surface area contributed by atoms with Gasteiger partial charge in [-0.15, -0.1) is 0 Å². The highest BCUT2D eigenvalue weighted by Gasteiger charge is 2.70. The molecule has 0 aromatic rings. The van der Waals surface area contributed by atoms with E-state index in [1.54, 1.807) is 0 Å². The average Bonchev–Trinajstić information content (AvgIpc) is 3.13. The Kier molecular flexibility index (Phi) is 4.41. The molecule has 0 aliphatic heterocycles. The molecular formula is C30H50O2. The molecule has 0 aromatic heterocycles. The predicted molar refractivity (Wildman–Crippen MR) is 132 cm³/mol. The van der Waals surface area contributed by atoms with Gasteiger partial charge in [-0.1, -0.05) is 46.8 Å². The zero-order valence-electron chi connectivity index (χ0n) is 24.6. The number of hydrogen-bond acceptors (Lipinski definition) is 2. The van der Waals surface area contributed by atoms with E-state index in [0.29, 0.717) is 30.3 Å². The maximum Gasteiger partial charge on any atom is 0.0606 e. The molecule has 0 spiro atoms. The van der Waals surface area contributed by atoms with E-state index < -0.39 is 17.9 Å². The maximum atomic E-state index is 11.2. The minimum Gasteiger partial charge on any atom is -0.396 e. The van der Waals surface area contributed by atoms with Crippen LogP contribution in [0.2, 0.25) is 0 Å². The van der Waals surface area contributed by atoms with Crippen molar-refractivity contribution in [3.05, 3.63) is 12.2 Å². The number of fused-ring (bicyclic) bond motifs is 7. The number of allylic oxidation sites excluding steroid dienone is 1. The van der Waals surface area contributed by atoms with Gasteiger partial charge in [0, 0.05) is 9.35 Å². The van der Waals surface area contributed by atoms with Gasteiger partial charge in [0.25, 0.3) is 0 Å². The summed E-state index contributed by atoms with van der Waals surface area (Å²) in [6.45, 7) is 18.2. The van der Waals surface area contributed by atoms with Gasteiger partial charge in [-0.3, -0.25) is 0 Å². The van der Waals surface area contributed by atoms with Crippen molar-refractivity contribution in [3.63, 3.8) is 0 Å². The van der Waals surface area contributed by atoms with Crippen molar-refractivity contribution < 1.29 is 14.3 Å². The lowest BCUT2D eigenvalue weighted by molar-refractivity contribution is -0.249. The van der Waals surface area contributed by atoms with E-state index >= 15 is 0 Å². The summed E-state index contributed by atoms with van der Waals surface area (Å²) in [5, 5.41) is 21.9. The first kappa shape index (κ1) is 19.9. The lowest BCUT2D eigenvalue weighted by Gasteiger charge is -2.73. The van der Waals surface area contributed by atoms with E-state index in [1.165, 1.54) is 5.57 Å². The van der Waals surface area contributed by atoms with Gasteiger partial charge >= 0.3 is 0 Å². The van der Waals surface area contributed by atoms with Crippen molar-refractivity contribution in [1.29, 1.82) is 0 Å². The van der Waals surface area contributed by atoms with E-state index in [2.05, 4.69) is 34.3 Å². The van der Waals surface area contributed by atoms with Gasteiger partial charge in [-0.25, -0.2) is 0 Å². The van der Waals surface area contributed by atoms with Gasteiger partial charge in [0.15, 0.2) is 0 Å². The predicted octanol–water partition coefficient (Wildman–Crippen LogP) is 7.00. The van der Waals surface area contributed by atoms with Crippen LogP contribution in [0.25, 0.3) is 0 Å². The Labute approximate surface area is 201 Å². The van der Waals surface area contributed by atoms with Gasteiger partial charge in [-0.2, -0.15) is 0 Å². The highest BCUT2D eigenvalue weighted by Crippen LogP contribution is 2.77. The van der Waals surface area contributed by atoms with Crippen LogP contribution in [0, 0.1) is 56.7 Å². The summed E-state index contributed by atoms with van der Waals surface area (Å²) in [6.07, 6.45) is 5.04. The number of aliphatic hydroxyl groups is 2. The minimum atomic E-state index is -2.08. The maximum absolute atomic E-state index is 11.2. The molecule has 5 rings (SSSR count). The van der Waals surface area contributed by atoms with Crippen LogP contribution < -0.4 is 0 Å². The number of aliphatic hydroxyl groups excluding tert-OH is 1. The SMILES string of the molecule is [2H]C1([2H])C[C@@]2(C)C(CC[C@]3(C)C2CCC2C4[C@H](C(=C)C)CC[C@]4(CO)CC[C@]23C)C(C)(C)[C@@]1([2H])O. The van der Waals surface area contributed by atoms with Crippen LogP contribution in [0.4, 0.5) is 0 Å². The highest BCUT2D eigenvalue weighted by molar-refractivity contribution is 5.21. The van der Waals surface area contributed by atoms with Gasteiger partial charge in [-0.05, 0) is 128 Å². The van der Waals surface area contributed by atoms with E-state index in [-0.39, 0.29) is 34.0 Å². The summed E-state index contributed by atoms with van der Waals surface area (Å²) in [7, 11) is 0. The fourth-order valence-electron chi connectivity index (χ4n) is 11.0. The van der Waals surface area contributed by atoms with Crippen molar-refractivity contribution in [2.45, 2.75) is 112 Å². The molecule has 5 aliphatic carbocycles. The molecule has 5 saturated carbocycles. The Bertz CT molecular complexity index is 913. The Morgan fingerprint density at radius 1 is 0.938 bits per heavy atom. The molecule has 0 amide bonds. The van der Waals surface area contributed by atoms with Crippen molar-refractivity contribution in [1.82, 2.24) is 0 Å². The Balaban J connectivity index is 1.58. The molecular weight excluding hydrogens is 392 g/mol. The Morgan fingerprint density at radius 2 is 1.66 bits per heavy atom. The lowest BCUT2D eigenvalue weighted by Crippen LogP contribution is -2.66. The zero-order valence-corrected chi connectivity index (χ0v) is 21.6. The topological polar surface area (TPSA) is 40.5 Å². The smallest absolute Gasteiger partial charge is 0.0606 e. The molecule has 5 aliphatic rings. The average molecular weight is 446 g/mol. The third-order valence-electron chi connectivity index (χ3n) is 12.9. The normalized spacial score (nSPS) is 61.8. The largest absolute Gasteiger partial charge is 0.396 e. The minimum absolute atomic E-state index is 0.0458. The molecule has 0 aromatic carbocycles. The monoisotopic (exact) mass is 445 g/mol. The summed E-state index contributed by atoms with van der Waals surface area (Å²) in [5.41, 5.74) is 0.526. The van der Waals surface area contributed by atoms with Gasteiger partial charge in [0.05, 0.1) is 7.45 Å². The van der Waals surface area contributed by atoms with Gasteiger partial charge in [0.1, 0.15) is 0 Å². The zero-order chi connectivity index (χ0) is 26.0. The van der Waals surface area contributed by atoms with Crippen LogP contribution in [-0.4, -0.2) is 22.9 Å². The molecule has 182 valence electrons. The van der Waals surface area contributed by atoms with Crippen molar-refractivity contribution >= 4 is 0 Å². The van der Waals surface area contributed by atoms with E-state index in [9.17, 15) is 10.2 Å². The second-order valence-electron chi connectivity index (χ2n) is 14.1. The summed E-state index contributed by atoms with van der Waals surface area (Å²) < 4.78 is 26.4. The molecule has 4 unspecified atom stereocenters. The van der Waals surface area contributed by atoms with E-state index in [1.807, 2.05) is 13.8 Å². The third kappa shape index (κ3) is 2.66. The molecule has 0 heterocycles. The third-order valence-corrected chi connectivity index (χ3v) is 12.9. The summed E-state index contributed by atoms with van der Waals surface area (Å²) in [5.74, 6) is 2.08. The van der Waals surface area contributed by atoms with E-state index in [0.717, 1.165) is 51.4 Å². The van der Waals surface area contributed by atoms with Gasteiger partial charge in [0.2, 0.25) is 0 Å². The van der Waals surface area contributed by atoms with Crippen LogP contribution in [0.15, 0.2) is 12.2 Å². The molecule has 2 N–H and O–H groups in total. The van der Waals surface area contributed by atoms with Crippen LogP contribution in [0.3, 0.4) is 0 Å². The number of rotatable bonds is 2. The fourth-order valence-corrected chi connectivity index (χ4v) is 11.0. The first-order valence-corrected chi connectivity index (χ1v) is 13.4. The van der Waals surface area contributed by atoms with Crippen molar-refractivity contribution in [2.75, 3.05) is 6.61 Å². The molecule has 0 saturated heterocycles. The summed E-state index contributed by atoms with van der Waals surface area (Å²) >= 11 is 0. The molecule has 2 heteroatoms. The first-order valence-electron chi connectivity index (χ1n) is 14.9. The number of hydrogen-bond donors (Lipinski definition) is 2. The van der Waals surface area contributed by atoms with Crippen molar-refractivity contribution in [3.8, 4) is 0 Å². The fraction of sp³-hybridized carbons (Fsp3) is 0.933. The summed E-state index contributed by atoms with van der Waals surface area (Å²) in [4.78, 5) is 0. The quantitative estimate of drug-likeness (QED) is 0.449. The summed E-state index contributed by atoms with van der Waals surface area (Å²) in [6, 6.07) is 0. The Morgan fingerprint density at radius 3 is 2.31 bits per heavy atom. The molecule has 5 fully saturated rings. The lowest BCUT2D eigenvalue weighted by atomic mass is 9.32. The van der Waals surface area contributed by atoms with Crippen molar-refractivity contribution in [2.24, 2.45) is 56.7 Å². The molecule has 10 atom stereocenters. The first-order chi connectivity index (χ1) is 16.0. The molecule has 32 heavy (non-hydrogen) atoms. The highest BCUT2D eigenvalue weighted by atomic mass is 16.3. The second kappa shape index (κ2) is 7.09. The molecule has 0 bridgehead atoms. The van der Waals surface area contributed by atoms with Crippen LogP contribution in [0.5, 0.6) is 0 Å².